The summed E-state index contributed by atoms with van der Waals surface area (Å²) in [5.74, 6) is 0.490. The molecule has 0 unspecified atom stereocenters. The molecule has 0 aromatic carbocycles. The summed E-state index contributed by atoms with van der Waals surface area (Å²) in [5.41, 5.74) is 0.379. The molecule has 4 nitrogen and oxygen atoms in total. The molecule has 0 spiro atoms. The number of ether oxygens (including phenoxy) is 1. The number of rotatable bonds is 1. The van der Waals surface area contributed by atoms with Crippen molar-refractivity contribution in [2.45, 2.75) is 20.4 Å². The molecule has 1 aliphatic rings. The number of nitrogens with zero attached hydrogens (tertiary/aromatic N) is 2. The Hall–Kier alpha value is -1.03. The van der Waals surface area contributed by atoms with Gasteiger partial charge in [0.25, 0.3) is 0 Å². The summed E-state index contributed by atoms with van der Waals surface area (Å²) in [5, 5.41) is 4.26. The highest BCUT2D eigenvalue weighted by Crippen LogP contribution is 2.33. The molecule has 0 fully saturated rings. The molecule has 0 amide bonds. The lowest BCUT2D eigenvalue weighted by atomic mass is 9.94. The standard InChI is InChI=1S/C9H11ClN2O2/c1-9(2)4-12-8(14-5-9)6(3-13)7(10)11-12/h3H,4-5H2,1-2H3. The summed E-state index contributed by atoms with van der Waals surface area (Å²) in [7, 11) is 0. The summed E-state index contributed by atoms with van der Waals surface area (Å²) in [4.78, 5) is 10.7. The van der Waals surface area contributed by atoms with Gasteiger partial charge in [-0.2, -0.15) is 5.10 Å². The van der Waals surface area contributed by atoms with Crippen molar-refractivity contribution in [2.75, 3.05) is 6.61 Å². The second-order valence-corrected chi connectivity index (χ2v) is 4.60. The topological polar surface area (TPSA) is 44.1 Å². The molecule has 2 rings (SSSR count). The van der Waals surface area contributed by atoms with Gasteiger partial charge in [-0.05, 0) is 0 Å². The van der Waals surface area contributed by atoms with Gasteiger partial charge >= 0.3 is 0 Å². The molecule has 14 heavy (non-hydrogen) atoms. The van der Waals surface area contributed by atoms with Crippen LogP contribution < -0.4 is 4.74 Å². The van der Waals surface area contributed by atoms with E-state index in [9.17, 15) is 4.79 Å². The molecule has 1 aromatic heterocycles. The molecular weight excluding hydrogens is 204 g/mol. The van der Waals surface area contributed by atoms with Crippen LogP contribution in [0.3, 0.4) is 0 Å². The predicted molar refractivity (Wildman–Crippen MR) is 51.9 cm³/mol. The van der Waals surface area contributed by atoms with Crippen molar-refractivity contribution < 1.29 is 9.53 Å². The van der Waals surface area contributed by atoms with Crippen LogP contribution in [0.4, 0.5) is 0 Å². The van der Waals surface area contributed by atoms with Gasteiger partial charge in [0.1, 0.15) is 5.56 Å². The van der Waals surface area contributed by atoms with Crippen molar-refractivity contribution in [1.29, 1.82) is 0 Å². The van der Waals surface area contributed by atoms with Gasteiger partial charge in [-0.1, -0.05) is 25.4 Å². The average molecular weight is 215 g/mol. The largest absolute Gasteiger partial charge is 0.477 e. The Kier molecular flexibility index (Phi) is 2.03. The molecule has 76 valence electrons. The third kappa shape index (κ3) is 1.39. The fourth-order valence-electron chi connectivity index (χ4n) is 1.51. The lowest BCUT2D eigenvalue weighted by molar-refractivity contribution is 0.0966. The summed E-state index contributed by atoms with van der Waals surface area (Å²) in [6.07, 6.45) is 0.680. The first-order valence-corrected chi connectivity index (χ1v) is 4.75. The maximum absolute atomic E-state index is 10.7. The average Bonchev–Trinajstić information content (AvgIpc) is 2.37. The van der Waals surface area contributed by atoms with Gasteiger partial charge in [0.05, 0.1) is 13.2 Å². The molecule has 0 saturated carbocycles. The fraction of sp³-hybridized carbons (Fsp3) is 0.556. The van der Waals surface area contributed by atoms with Crippen LogP contribution in [-0.4, -0.2) is 22.7 Å². The molecule has 2 heterocycles. The Morgan fingerprint density at radius 2 is 2.36 bits per heavy atom. The highest BCUT2D eigenvalue weighted by molar-refractivity contribution is 6.32. The number of carbonyl (C=O) groups excluding carboxylic acids is 1. The summed E-state index contributed by atoms with van der Waals surface area (Å²) in [6.45, 7) is 5.45. The molecule has 0 aliphatic carbocycles. The lowest BCUT2D eigenvalue weighted by Gasteiger charge is -2.30. The first kappa shape index (κ1) is 9.52. The van der Waals surface area contributed by atoms with Crippen molar-refractivity contribution in [2.24, 2.45) is 5.41 Å². The van der Waals surface area contributed by atoms with E-state index >= 15 is 0 Å². The van der Waals surface area contributed by atoms with Crippen LogP contribution in [-0.2, 0) is 6.54 Å². The second kappa shape index (κ2) is 2.98. The first-order chi connectivity index (χ1) is 6.53. The van der Waals surface area contributed by atoms with E-state index in [0.29, 0.717) is 24.3 Å². The number of halogens is 1. The Balaban J connectivity index is 2.46. The van der Waals surface area contributed by atoms with Crippen LogP contribution in [0, 0.1) is 5.41 Å². The first-order valence-electron chi connectivity index (χ1n) is 4.38. The van der Waals surface area contributed by atoms with E-state index < -0.39 is 0 Å². The number of hydrogen-bond acceptors (Lipinski definition) is 3. The second-order valence-electron chi connectivity index (χ2n) is 4.24. The van der Waals surface area contributed by atoms with Crippen molar-refractivity contribution >= 4 is 17.9 Å². The van der Waals surface area contributed by atoms with E-state index in [0.717, 1.165) is 6.54 Å². The van der Waals surface area contributed by atoms with Crippen molar-refractivity contribution in [1.82, 2.24) is 9.78 Å². The zero-order valence-corrected chi connectivity index (χ0v) is 8.84. The SMILES string of the molecule is CC1(C)COc2c(C=O)c(Cl)nn2C1. The van der Waals surface area contributed by atoms with E-state index in [1.54, 1.807) is 4.68 Å². The highest BCUT2D eigenvalue weighted by Gasteiger charge is 2.30. The zero-order chi connectivity index (χ0) is 10.3. The van der Waals surface area contributed by atoms with Crippen LogP contribution >= 0.6 is 11.6 Å². The van der Waals surface area contributed by atoms with E-state index in [4.69, 9.17) is 16.3 Å². The zero-order valence-electron chi connectivity index (χ0n) is 8.08. The minimum atomic E-state index is 0.0303. The molecule has 0 saturated heterocycles. The van der Waals surface area contributed by atoms with Gasteiger partial charge in [-0.25, -0.2) is 4.68 Å². The van der Waals surface area contributed by atoms with Crippen LogP contribution in [0.2, 0.25) is 5.15 Å². The minimum Gasteiger partial charge on any atom is -0.477 e. The smallest absolute Gasteiger partial charge is 0.224 e. The molecular formula is C9H11ClN2O2. The molecule has 0 radical (unpaired) electrons. The number of carbonyl (C=O) groups is 1. The van der Waals surface area contributed by atoms with Crippen LogP contribution in [0.25, 0.3) is 0 Å². The Bertz CT molecular complexity index is 384. The van der Waals surface area contributed by atoms with Crippen LogP contribution in [0.1, 0.15) is 24.2 Å². The predicted octanol–water partition coefficient (Wildman–Crippen LogP) is 1.77. The maximum atomic E-state index is 10.7. The van der Waals surface area contributed by atoms with Crippen LogP contribution in [0.15, 0.2) is 0 Å². The molecule has 0 atom stereocenters. The van der Waals surface area contributed by atoms with Crippen LogP contribution in [0.5, 0.6) is 5.88 Å². The summed E-state index contributed by atoms with van der Waals surface area (Å²) < 4.78 is 7.11. The van der Waals surface area contributed by atoms with Gasteiger partial charge in [-0.15, -0.1) is 0 Å². The van der Waals surface area contributed by atoms with Crippen molar-refractivity contribution in [3.63, 3.8) is 0 Å². The lowest BCUT2D eigenvalue weighted by Crippen LogP contribution is -2.33. The Labute approximate surface area is 86.8 Å². The summed E-state index contributed by atoms with van der Waals surface area (Å²) >= 11 is 5.79. The number of fused-ring (bicyclic) bond motifs is 1. The monoisotopic (exact) mass is 214 g/mol. The molecule has 0 N–H and O–H groups in total. The third-order valence-electron chi connectivity index (χ3n) is 2.19. The van der Waals surface area contributed by atoms with E-state index in [2.05, 4.69) is 18.9 Å². The van der Waals surface area contributed by atoms with Crippen molar-refractivity contribution in [3.05, 3.63) is 10.7 Å². The van der Waals surface area contributed by atoms with Gasteiger partial charge in [0.2, 0.25) is 5.88 Å². The quantitative estimate of drug-likeness (QED) is 0.670. The molecule has 0 bridgehead atoms. The number of aromatic nitrogens is 2. The van der Waals surface area contributed by atoms with Gasteiger partial charge in [-0.3, -0.25) is 4.79 Å². The fourth-order valence-corrected chi connectivity index (χ4v) is 1.72. The van der Waals surface area contributed by atoms with Crippen molar-refractivity contribution in [3.8, 4) is 5.88 Å². The highest BCUT2D eigenvalue weighted by atomic mass is 35.5. The number of aldehydes is 1. The summed E-state index contributed by atoms with van der Waals surface area (Å²) in [6, 6.07) is 0. The third-order valence-corrected chi connectivity index (χ3v) is 2.47. The van der Waals surface area contributed by atoms with Gasteiger partial charge in [0.15, 0.2) is 11.4 Å². The number of hydrogen-bond donors (Lipinski definition) is 0. The van der Waals surface area contributed by atoms with Gasteiger partial charge < -0.3 is 4.74 Å². The van der Waals surface area contributed by atoms with E-state index in [1.165, 1.54) is 0 Å². The molecule has 1 aromatic rings. The minimum absolute atomic E-state index is 0.0303. The normalized spacial score (nSPS) is 18.5. The Morgan fingerprint density at radius 1 is 1.64 bits per heavy atom. The van der Waals surface area contributed by atoms with E-state index in [1.807, 2.05) is 0 Å². The van der Waals surface area contributed by atoms with E-state index in [-0.39, 0.29) is 10.6 Å². The molecule has 5 heteroatoms. The molecule has 1 aliphatic heterocycles. The maximum Gasteiger partial charge on any atom is 0.224 e. The Morgan fingerprint density at radius 3 is 3.00 bits per heavy atom. The van der Waals surface area contributed by atoms with Gasteiger partial charge in [0, 0.05) is 5.41 Å².